The summed E-state index contributed by atoms with van der Waals surface area (Å²) in [6.07, 6.45) is -0.639. The first-order chi connectivity index (χ1) is 12.6. The van der Waals surface area contributed by atoms with Crippen LogP contribution in [0.3, 0.4) is 0 Å². The van der Waals surface area contributed by atoms with Gasteiger partial charge in [-0.2, -0.15) is 0 Å². The van der Waals surface area contributed by atoms with Gasteiger partial charge in [-0.1, -0.05) is 42.5 Å². The van der Waals surface area contributed by atoms with Crippen LogP contribution < -0.4 is 10.6 Å². The first kappa shape index (κ1) is 17.5. The SMILES string of the molecule is C[C@H](NC(=O)OCc1ccccc1)C(=O)NCc1nc2ccccc2[nH]1. The Labute approximate surface area is 150 Å². The van der Waals surface area contributed by atoms with Crippen LogP contribution in [0.5, 0.6) is 0 Å². The maximum atomic E-state index is 12.1. The Kier molecular flexibility index (Phi) is 5.48. The molecule has 7 nitrogen and oxygen atoms in total. The lowest BCUT2D eigenvalue weighted by Gasteiger charge is -2.13. The van der Waals surface area contributed by atoms with E-state index in [2.05, 4.69) is 20.6 Å². The summed E-state index contributed by atoms with van der Waals surface area (Å²) < 4.78 is 5.10. The molecule has 0 saturated carbocycles. The Hall–Kier alpha value is -3.35. The molecular formula is C19H20N4O3. The highest BCUT2D eigenvalue weighted by atomic mass is 16.5. The largest absolute Gasteiger partial charge is 0.445 e. The second-order valence-electron chi connectivity index (χ2n) is 5.85. The average molecular weight is 352 g/mol. The van der Waals surface area contributed by atoms with Crippen LogP contribution in [0.2, 0.25) is 0 Å². The number of aromatic nitrogens is 2. The van der Waals surface area contributed by atoms with Crippen molar-refractivity contribution in [1.82, 2.24) is 20.6 Å². The van der Waals surface area contributed by atoms with Crippen molar-refractivity contribution in [3.05, 3.63) is 66.0 Å². The van der Waals surface area contributed by atoms with Crippen LogP contribution in [0, 0.1) is 0 Å². The van der Waals surface area contributed by atoms with Gasteiger partial charge in [0.25, 0.3) is 0 Å². The predicted octanol–water partition coefficient (Wildman–Crippen LogP) is 2.49. The van der Waals surface area contributed by atoms with E-state index < -0.39 is 12.1 Å². The molecule has 7 heteroatoms. The van der Waals surface area contributed by atoms with Crippen molar-refractivity contribution in [3.63, 3.8) is 0 Å². The molecule has 134 valence electrons. The van der Waals surface area contributed by atoms with Crippen molar-refractivity contribution in [1.29, 1.82) is 0 Å². The van der Waals surface area contributed by atoms with Crippen molar-refractivity contribution in [2.24, 2.45) is 0 Å². The highest BCUT2D eigenvalue weighted by Crippen LogP contribution is 2.09. The van der Waals surface area contributed by atoms with E-state index in [9.17, 15) is 9.59 Å². The topological polar surface area (TPSA) is 96.1 Å². The molecule has 26 heavy (non-hydrogen) atoms. The number of H-pyrrole nitrogens is 1. The van der Waals surface area contributed by atoms with E-state index in [1.54, 1.807) is 6.92 Å². The molecule has 2 amide bonds. The van der Waals surface area contributed by atoms with E-state index in [1.807, 2.05) is 54.6 Å². The summed E-state index contributed by atoms with van der Waals surface area (Å²) in [6, 6.07) is 16.2. The number of ether oxygens (including phenoxy) is 1. The van der Waals surface area contributed by atoms with Crippen LogP contribution in [-0.2, 0) is 22.7 Å². The Morgan fingerprint density at radius 1 is 1.12 bits per heavy atom. The molecule has 3 aromatic rings. The maximum absolute atomic E-state index is 12.1. The molecule has 3 N–H and O–H groups in total. The third-order valence-electron chi connectivity index (χ3n) is 3.81. The van der Waals surface area contributed by atoms with Crippen LogP contribution in [0.4, 0.5) is 4.79 Å². The zero-order chi connectivity index (χ0) is 18.4. The van der Waals surface area contributed by atoms with Gasteiger partial charge >= 0.3 is 6.09 Å². The minimum Gasteiger partial charge on any atom is -0.445 e. The third kappa shape index (κ3) is 4.60. The Morgan fingerprint density at radius 2 is 1.85 bits per heavy atom. The van der Waals surface area contributed by atoms with Crippen molar-refractivity contribution >= 4 is 23.0 Å². The fraction of sp³-hybridized carbons (Fsp3) is 0.211. The van der Waals surface area contributed by atoms with Gasteiger partial charge in [0.05, 0.1) is 17.6 Å². The molecule has 1 aromatic heterocycles. The zero-order valence-electron chi connectivity index (χ0n) is 14.4. The fourth-order valence-corrected chi connectivity index (χ4v) is 2.42. The van der Waals surface area contributed by atoms with Crippen LogP contribution in [0.25, 0.3) is 11.0 Å². The first-order valence-electron chi connectivity index (χ1n) is 8.30. The van der Waals surface area contributed by atoms with E-state index in [1.165, 1.54) is 0 Å². The summed E-state index contributed by atoms with van der Waals surface area (Å²) in [5.74, 6) is 0.334. The second-order valence-corrected chi connectivity index (χ2v) is 5.85. The number of hydrogen-bond donors (Lipinski definition) is 3. The summed E-state index contributed by atoms with van der Waals surface area (Å²) in [5, 5.41) is 5.24. The second kappa shape index (κ2) is 8.15. The normalized spacial score (nSPS) is 11.7. The van der Waals surface area contributed by atoms with Gasteiger partial charge in [0, 0.05) is 0 Å². The zero-order valence-corrected chi connectivity index (χ0v) is 14.4. The third-order valence-corrected chi connectivity index (χ3v) is 3.81. The van der Waals surface area contributed by atoms with Gasteiger partial charge in [-0.15, -0.1) is 0 Å². The van der Waals surface area contributed by atoms with Gasteiger partial charge in [-0.25, -0.2) is 9.78 Å². The summed E-state index contributed by atoms with van der Waals surface area (Å²) in [4.78, 5) is 31.4. The number of imidazole rings is 1. The molecule has 0 saturated heterocycles. The molecule has 2 aromatic carbocycles. The quantitative estimate of drug-likeness (QED) is 0.635. The summed E-state index contributed by atoms with van der Waals surface area (Å²) in [5.41, 5.74) is 2.63. The maximum Gasteiger partial charge on any atom is 0.408 e. The van der Waals surface area contributed by atoms with Gasteiger partial charge in [-0.3, -0.25) is 4.79 Å². The molecule has 0 bridgehead atoms. The van der Waals surface area contributed by atoms with E-state index in [4.69, 9.17) is 4.74 Å². The molecule has 0 aliphatic carbocycles. The average Bonchev–Trinajstić information content (AvgIpc) is 3.08. The van der Waals surface area contributed by atoms with Crippen molar-refractivity contribution in [2.45, 2.75) is 26.1 Å². The molecule has 3 rings (SSSR count). The Balaban J connectivity index is 1.44. The molecule has 0 aliphatic rings. The van der Waals surface area contributed by atoms with E-state index in [-0.39, 0.29) is 19.1 Å². The lowest BCUT2D eigenvalue weighted by atomic mass is 10.2. The van der Waals surface area contributed by atoms with Gasteiger partial charge in [0.2, 0.25) is 5.91 Å². The van der Waals surface area contributed by atoms with Crippen LogP contribution in [-0.4, -0.2) is 28.0 Å². The van der Waals surface area contributed by atoms with Crippen LogP contribution in [0.1, 0.15) is 18.3 Å². The standard InChI is InChI=1S/C19H20N4O3/c1-13(21-19(25)26-12-14-7-3-2-4-8-14)18(24)20-11-17-22-15-9-5-6-10-16(15)23-17/h2-10,13H,11-12H2,1H3,(H,20,24)(H,21,25)(H,22,23)/t13-/m0/s1. The van der Waals surface area contributed by atoms with E-state index in [0.29, 0.717) is 5.82 Å². The lowest BCUT2D eigenvalue weighted by molar-refractivity contribution is -0.122. The Morgan fingerprint density at radius 3 is 2.62 bits per heavy atom. The molecule has 0 unspecified atom stereocenters. The number of para-hydroxylation sites is 2. The minimum atomic E-state index is -0.720. The van der Waals surface area contributed by atoms with Gasteiger partial charge < -0.3 is 20.4 Å². The van der Waals surface area contributed by atoms with Crippen molar-refractivity contribution in [3.8, 4) is 0 Å². The number of nitrogens with zero attached hydrogens (tertiary/aromatic N) is 1. The van der Waals surface area contributed by atoms with Crippen LogP contribution in [0.15, 0.2) is 54.6 Å². The number of benzene rings is 2. The van der Waals surface area contributed by atoms with E-state index >= 15 is 0 Å². The van der Waals surface area contributed by atoms with Gasteiger partial charge in [0.15, 0.2) is 0 Å². The van der Waals surface area contributed by atoms with Gasteiger partial charge in [-0.05, 0) is 24.6 Å². The fourth-order valence-electron chi connectivity index (χ4n) is 2.42. The van der Waals surface area contributed by atoms with Gasteiger partial charge in [0.1, 0.15) is 18.5 Å². The minimum absolute atomic E-state index is 0.153. The number of carbonyl (C=O) groups is 2. The van der Waals surface area contributed by atoms with E-state index in [0.717, 1.165) is 16.6 Å². The number of hydrogen-bond acceptors (Lipinski definition) is 4. The molecule has 1 atom stereocenters. The number of rotatable bonds is 6. The summed E-state index contributed by atoms with van der Waals surface area (Å²) in [6.45, 7) is 2.00. The van der Waals surface area contributed by atoms with Crippen molar-refractivity contribution in [2.75, 3.05) is 0 Å². The monoisotopic (exact) mass is 352 g/mol. The highest BCUT2D eigenvalue weighted by molar-refractivity contribution is 5.85. The first-order valence-corrected chi connectivity index (χ1v) is 8.30. The molecule has 0 radical (unpaired) electrons. The Bertz CT molecular complexity index is 859. The molecule has 0 fully saturated rings. The van der Waals surface area contributed by atoms with Crippen LogP contribution >= 0.6 is 0 Å². The number of aromatic amines is 1. The predicted molar refractivity (Wildman–Crippen MR) is 97.2 cm³/mol. The molecule has 1 heterocycles. The number of fused-ring (bicyclic) bond motifs is 1. The molecular weight excluding hydrogens is 332 g/mol. The number of alkyl carbamates (subject to hydrolysis) is 1. The highest BCUT2D eigenvalue weighted by Gasteiger charge is 2.16. The summed E-state index contributed by atoms with van der Waals surface area (Å²) in [7, 11) is 0. The smallest absolute Gasteiger partial charge is 0.408 e. The number of amides is 2. The molecule has 0 spiro atoms. The summed E-state index contributed by atoms with van der Waals surface area (Å²) >= 11 is 0. The van der Waals surface area contributed by atoms with Crippen molar-refractivity contribution < 1.29 is 14.3 Å². The number of carbonyl (C=O) groups excluding carboxylic acids is 2. The lowest BCUT2D eigenvalue weighted by Crippen LogP contribution is -2.44. The number of nitrogens with one attached hydrogen (secondary N) is 3. The molecule has 0 aliphatic heterocycles.